The molecule has 1 rings (SSSR count). The van der Waals surface area contributed by atoms with Gasteiger partial charge in [0.1, 0.15) is 0 Å². The van der Waals surface area contributed by atoms with Crippen molar-refractivity contribution in [1.29, 1.82) is 0 Å². The summed E-state index contributed by atoms with van der Waals surface area (Å²) in [4.78, 5) is 11.7. The van der Waals surface area contributed by atoms with Gasteiger partial charge >= 0.3 is 0 Å². The Morgan fingerprint density at radius 1 is 1.56 bits per heavy atom. The van der Waals surface area contributed by atoms with E-state index in [0.29, 0.717) is 17.1 Å². The summed E-state index contributed by atoms with van der Waals surface area (Å²) in [6.07, 6.45) is 0. The average molecular weight is 263 g/mol. The molecule has 5 heteroatoms. The SMILES string of the molecule is Cc1cc(C(=O)N[C@H](C)CN)ccc1Cl.Cl. The topological polar surface area (TPSA) is 55.1 Å². The quantitative estimate of drug-likeness (QED) is 0.877. The predicted octanol–water partition coefficient (Wildman–Crippen LogP) is 2.15. The number of carbonyl (C=O) groups is 1. The number of aryl methyl sites for hydroxylation is 1. The van der Waals surface area contributed by atoms with Crippen LogP contribution in [0, 0.1) is 6.92 Å². The fourth-order valence-electron chi connectivity index (χ4n) is 1.15. The van der Waals surface area contributed by atoms with Crippen LogP contribution in [0.25, 0.3) is 0 Å². The number of carbonyl (C=O) groups excluding carboxylic acids is 1. The third kappa shape index (κ3) is 4.00. The van der Waals surface area contributed by atoms with Gasteiger partial charge in [0, 0.05) is 23.2 Å². The number of halogens is 2. The average Bonchev–Trinajstić information content (AvgIpc) is 2.21. The van der Waals surface area contributed by atoms with Crippen molar-refractivity contribution in [1.82, 2.24) is 5.32 Å². The summed E-state index contributed by atoms with van der Waals surface area (Å²) >= 11 is 5.87. The molecule has 0 fully saturated rings. The summed E-state index contributed by atoms with van der Waals surface area (Å²) in [5.41, 5.74) is 6.92. The van der Waals surface area contributed by atoms with Gasteiger partial charge < -0.3 is 11.1 Å². The summed E-state index contributed by atoms with van der Waals surface area (Å²) in [5.74, 6) is -0.118. The van der Waals surface area contributed by atoms with E-state index in [1.165, 1.54) is 0 Å². The molecule has 16 heavy (non-hydrogen) atoms. The lowest BCUT2D eigenvalue weighted by atomic mass is 10.1. The Bertz CT molecular complexity index is 369. The molecule has 0 bridgehead atoms. The van der Waals surface area contributed by atoms with E-state index in [4.69, 9.17) is 17.3 Å². The number of nitrogens with one attached hydrogen (secondary N) is 1. The number of amides is 1. The maximum atomic E-state index is 11.7. The summed E-state index contributed by atoms with van der Waals surface area (Å²) in [6.45, 7) is 4.16. The Kier molecular flexibility index (Phi) is 6.41. The maximum Gasteiger partial charge on any atom is 0.251 e. The van der Waals surface area contributed by atoms with Crippen LogP contribution < -0.4 is 11.1 Å². The molecule has 0 unspecified atom stereocenters. The van der Waals surface area contributed by atoms with Crippen molar-refractivity contribution in [3.8, 4) is 0 Å². The second-order valence-corrected chi connectivity index (χ2v) is 3.98. The molecule has 0 saturated heterocycles. The Hall–Kier alpha value is -0.770. The summed E-state index contributed by atoms with van der Waals surface area (Å²) in [6, 6.07) is 5.17. The van der Waals surface area contributed by atoms with Gasteiger partial charge in [0.05, 0.1) is 0 Å². The second kappa shape index (κ2) is 6.74. The van der Waals surface area contributed by atoms with Crippen LogP contribution in [0.15, 0.2) is 18.2 Å². The van der Waals surface area contributed by atoms with E-state index in [1.54, 1.807) is 18.2 Å². The highest BCUT2D eigenvalue weighted by molar-refractivity contribution is 6.31. The van der Waals surface area contributed by atoms with Crippen LogP contribution in [0.1, 0.15) is 22.8 Å². The molecule has 3 nitrogen and oxygen atoms in total. The predicted molar refractivity (Wildman–Crippen MR) is 69.4 cm³/mol. The first-order valence-electron chi connectivity index (χ1n) is 4.81. The standard InChI is InChI=1S/C11H15ClN2O.ClH/c1-7-5-9(3-4-10(7)12)11(15)14-8(2)6-13;/h3-5,8H,6,13H2,1-2H3,(H,14,15);1H/t8-;/m1./s1. The highest BCUT2D eigenvalue weighted by atomic mass is 35.5. The van der Waals surface area contributed by atoms with Gasteiger partial charge in [-0.15, -0.1) is 12.4 Å². The van der Waals surface area contributed by atoms with Gasteiger partial charge in [-0.1, -0.05) is 11.6 Å². The normalized spacial score (nSPS) is 11.5. The summed E-state index contributed by atoms with van der Waals surface area (Å²) in [7, 11) is 0. The van der Waals surface area contributed by atoms with Gasteiger partial charge in [-0.3, -0.25) is 4.79 Å². The van der Waals surface area contributed by atoms with Gasteiger partial charge in [0.25, 0.3) is 5.91 Å². The minimum Gasteiger partial charge on any atom is -0.348 e. The third-order valence-corrected chi connectivity index (χ3v) is 2.58. The molecule has 3 N–H and O–H groups in total. The van der Waals surface area contributed by atoms with Crippen LogP contribution in [0.3, 0.4) is 0 Å². The first-order chi connectivity index (χ1) is 7.04. The van der Waals surface area contributed by atoms with E-state index in [1.807, 2.05) is 13.8 Å². The van der Waals surface area contributed by atoms with Crippen molar-refractivity contribution in [3.05, 3.63) is 34.3 Å². The van der Waals surface area contributed by atoms with Gasteiger partial charge in [-0.05, 0) is 37.6 Å². The van der Waals surface area contributed by atoms with E-state index >= 15 is 0 Å². The number of rotatable bonds is 3. The smallest absolute Gasteiger partial charge is 0.251 e. The van der Waals surface area contributed by atoms with Crippen molar-refractivity contribution < 1.29 is 4.79 Å². The van der Waals surface area contributed by atoms with Crippen LogP contribution in [0.4, 0.5) is 0 Å². The molecule has 1 aromatic rings. The molecule has 0 spiro atoms. The second-order valence-electron chi connectivity index (χ2n) is 3.57. The largest absolute Gasteiger partial charge is 0.348 e. The van der Waals surface area contributed by atoms with Crippen molar-refractivity contribution >= 4 is 29.9 Å². The molecule has 1 aromatic carbocycles. The summed E-state index contributed by atoms with van der Waals surface area (Å²) < 4.78 is 0. The Morgan fingerprint density at radius 3 is 2.69 bits per heavy atom. The fraction of sp³-hybridized carbons (Fsp3) is 0.364. The van der Waals surface area contributed by atoms with Crippen LogP contribution >= 0.6 is 24.0 Å². The van der Waals surface area contributed by atoms with Gasteiger partial charge in [-0.25, -0.2) is 0 Å². The molecular weight excluding hydrogens is 247 g/mol. The Morgan fingerprint density at radius 2 is 2.19 bits per heavy atom. The monoisotopic (exact) mass is 262 g/mol. The first-order valence-corrected chi connectivity index (χ1v) is 5.19. The minimum absolute atomic E-state index is 0. The van der Waals surface area contributed by atoms with Crippen molar-refractivity contribution in [2.75, 3.05) is 6.54 Å². The number of nitrogens with two attached hydrogens (primary N) is 1. The molecule has 0 saturated carbocycles. The molecule has 0 heterocycles. The molecule has 90 valence electrons. The molecule has 1 amide bonds. The molecule has 1 atom stereocenters. The Balaban J connectivity index is 0.00000225. The zero-order valence-corrected chi connectivity index (χ0v) is 10.9. The molecule has 0 aliphatic heterocycles. The number of benzene rings is 1. The van der Waals surface area contributed by atoms with Gasteiger partial charge in [0.2, 0.25) is 0 Å². The Labute approximate surface area is 107 Å². The van der Waals surface area contributed by atoms with E-state index in [-0.39, 0.29) is 24.4 Å². The number of hydrogen-bond donors (Lipinski definition) is 2. The van der Waals surface area contributed by atoms with Crippen LogP contribution in [-0.4, -0.2) is 18.5 Å². The van der Waals surface area contributed by atoms with E-state index in [2.05, 4.69) is 5.32 Å². The van der Waals surface area contributed by atoms with Gasteiger partial charge in [0.15, 0.2) is 0 Å². The zero-order chi connectivity index (χ0) is 11.4. The molecule has 0 aliphatic carbocycles. The van der Waals surface area contributed by atoms with Gasteiger partial charge in [-0.2, -0.15) is 0 Å². The first kappa shape index (κ1) is 15.2. The lowest BCUT2D eigenvalue weighted by Gasteiger charge is -2.11. The van der Waals surface area contributed by atoms with Crippen LogP contribution in [0.2, 0.25) is 5.02 Å². The van der Waals surface area contributed by atoms with Crippen LogP contribution in [-0.2, 0) is 0 Å². The molecule has 0 radical (unpaired) electrons. The highest BCUT2D eigenvalue weighted by Gasteiger charge is 2.09. The maximum absolute atomic E-state index is 11.7. The molecule has 0 aliphatic rings. The third-order valence-electron chi connectivity index (χ3n) is 2.15. The number of hydrogen-bond acceptors (Lipinski definition) is 2. The molecule has 0 aromatic heterocycles. The lowest BCUT2D eigenvalue weighted by molar-refractivity contribution is 0.0941. The molecular formula is C11H16Cl2N2O. The summed E-state index contributed by atoms with van der Waals surface area (Å²) in [5, 5.41) is 3.45. The minimum atomic E-state index is -0.118. The van der Waals surface area contributed by atoms with E-state index in [9.17, 15) is 4.79 Å². The van der Waals surface area contributed by atoms with E-state index < -0.39 is 0 Å². The van der Waals surface area contributed by atoms with Crippen molar-refractivity contribution in [3.63, 3.8) is 0 Å². The van der Waals surface area contributed by atoms with E-state index in [0.717, 1.165) is 5.56 Å². The van der Waals surface area contributed by atoms with Crippen molar-refractivity contribution in [2.45, 2.75) is 19.9 Å². The van der Waals surface area contributed by atoms with Crippen LogP contribution in [0.5, 0.6) is 0 Å². The zero-order valence-electron chi connectivity index (χ0n) is 9.29. The fourth-order valence-corrected chi connectivity index (χ4v) is 1.27. The lowest BCUT2D eigenvalue weighted by Crippen LogP contribution is -2.37. The van der Waals surface area contributed by atoms with Crippen molar-refractivity contribution in [2.24, 2.45) is 5.73 Å². The highest BCUT2D eigenvalue weighted by Crippen LogP contribution is 2.16.